The molecule has 1 fully saturated rings. The summed E-state index contributed by atoms with van der Waals surface area (Å²) in [6.07, 6.45) is 1.05. The van der Waals surface area contributed by atoms with Crippen LogP contribution < -0.4 is 21.3 Å². The first-order valence-corrected chi connectivity index (χ1v) is 22.5. The van der Waals surface area contributed by atoms with Crippen LogP contribution in [0.1, 0.15) is 70.0 Å². The number of hydrogen-bond acceptors (Lipinski definition) is 18. The monoisotopic (exact) mass is 982 g/mol. The molecule has 4 atom stereocenters. The minimum atomic E-state index is -4.81. The zero-order valence-corrected chi connectivity index (χ0v) is 37.9. The third kappa shape index (κ3) is 23.8. The number of ether oxygens (including phenoxy) is 6. The highest BCUT2D eigenvalue weighted by molar-refractivity contribution is 6.29. The average Bonchev–Trinajstić information content (AvgIpc) is 3.28. The van der Waals surface area contributed by atoms with Crippen LogP contribution in [0, 0.1) is 20.2 Å². The van der Waals surface area contributed by atoms with Crippen LogP contribution in [0.15, 0.2) is 24.3 Å². The smallest absolute Gasteiger partial charge is 0.388 e. The molecule has 1 aliphatic rings. The second kappa shape index (κ2) is 32.2. The van der Waals surface area contributed by atoms with Crippen molar-refractivity contribution < 1.29 is 71.2 Å². The van der Waals surface area contributed by atoms with Gasteiger partial charge in [0.25, 0.3) is 11.4 Å². The lowest BCUT2D eigenvalue weighted by molar-refractivity contribution is -0.393. The summed E-state index contributed by atoms with van der Waals surface area (Å²) in [6, 6.07) is 3.49. The summed E-state index contributed by atoms with van der Waals surface area (Å²) in [6.45, 7) is 2.98. The number of amides is 2. The number of halogens is 4. The molecule has 67 heavy (non-hydrogen) atoms. The number of nitrogens with zero attached hydrogens (tertiary/aromatic N) is 4. The lowest BCUT2D eigenvalue weighted by atomic mass is 9.98. The van der Waals surface area contributed by atoms with E-state index in [-0.39, 0.29) is 115 Å². The first-order chi connectivity index (χ1) is 32.1. The van der Waals surface area contributed by atoms with Crippen molar-refractivity contribution in [3.05, 3.63) is 55.5 Å². The van der Waals surface area contributed by atoms with Gasteiger partial charge in [0.15, 0.2) is 0 Å². The van der Waals surface area contributed by atoms with Crippen LogP contribution in [0.2, 0.25) is 5.15 Å². The van der Waals surface area contributed by atoms with Crippen molar-refractivity contribution >= 4 is 46.3 Å². The van der Waals surface area contributed by atoms with Crippen molar-refractivity contribution in [2.45, 2.75) is 94.7 Å². The highest BCUT2D eigenvalue weighted by Gasteiger charge is 2.40. The highest BCUT2D eigenvalue weighted by atomic mass is 35.5. The second-order valence-electron chi connectivity index (χ2n) is 15.2. The molecule has 2 heterocycles. The Hall–Kier alpha value is -4.60. The number of carbonyl (C=O) groups is 2. The van der Waals surface area contributed by atoms with Gasteiger partial charge in [-0.1, -0.05) is 56.5 Å². The predicted octanol–water partition coefficient (Wildman–Crippen LogP) is 4.19. The standard InChI is InChI=1S/C41H62ClF3N8O14/c42-34-25-35(51-40(50-34)41(43,44)45)49-31-26-67-33(39(57)38(31)56)27-65-16-9-7-5-3-1-2-4-6-8-13-47-36(54)12-17-62-19-15-48-37(55)28-66-23-22-64-21-20-63-18-14-46-30-11-10-29(52(58)59)24-32(30)53(60)61/h10-11,24-25,31,33,38-39,46,56-57H,1-9,12-23,26-28H2,(H,47,54)(H,48,55)(H,49,50,51)/t31-,33+,38+,39-/m0/s1. The third-order valence-electron chi connectivity index (χ3n) is 9.95. The first kappa shape index (κ1) is 56.7. The van der Waals surface area contributed by atoms with E-state index in [9.17, 15) is 53.2 Å². The molecule has 378 valence electrons. The number of rotatable bonds is 36. The molecular weight excluding hydrogens is 921 g/mol. The molecular formula is C41H62ClF3N8O14. The van der Waals surface area contributed by atoms with E-state index in [1.54, 1.807) is 0 Å². The van der Waals surface area contributed by atoms with Crippen molar-refractivity contribution in [1.29, 1.82) is 0 Å². The molecule has 1 aromatic carbocycles. The molecule has 1 aliphatic heterocycles. The molecule has 6 N–H and O–H groups in total. The fraction of sp³-hybridized carbons (Fsp3) is 0.707. The van der Waals surface area contributed by atoms with Crippen molar-refractivity contribution in [2.75, 3.05) is 103 Å². The Kier molecular flexibility index (Phi) is 27.3. The molecule has 1 aromatic heterocycles. The maximum absolute atomic E-state index is 13.0. The minimum absolute atomic E-state index is 0.0540. The van der Waals surface area contributed by atoms with E-state index >= 15 is 0 Å². The number of aliphatic hydroxyl groups excluding tert-OH is 2. The van der Waals surface area contributed by atoms with Gasteiger partial charge in [-0.3, -0.25) is 29.8 Å². The highest BCUT2D eigenvalue weighted by Crippen LogP contribution is 2.30. The molecule has 1 saturated heterocycles. The van der Waals surface area contributed by atoms with Crippen LogP contribution in [-0.2, 0) is 44.2 Å². The predicted molar refractivity (Wildman–Crippen MR) is 236 cm³/mol. The SMILES string of the molecule is O=C(CCOCCNC(=O)COCCOCCOCCNc1ccc([N+](=O)[O-])cc1[N+](=O)[O-])NCCCCCCCCCCCOC[C@H]1OC[C@H](Nc2cc(Cl)nc(C(F)(F)F)n2)[C@@H](O)[C@H]1O. The van der Waals surface area contributed by atoms with Crippen molar-refractivity contribution in [2.24, 2.45) is 0 Å². The molecule has 0 radical (unpaired) electrons. The van der Waals surface area contributed by atoms with Crippen LogP contribution in [0.5, 0.6) is 0 Å². The van der Waals surface area contributed by atoms with Crippen molar-refractivity contribution in [3.8, 4) is 0 Å². The van der Waals surface area contributed by atoms with Gasteiger partial charge in [0, 0.05) is 44.8 Å². The quantitative estimate of drug-likeness (QED) is 0.0241. The summed E-state index contributed by atoms with van der Waals surface area (Å²) in [5.41, 5.74) is -0.635. The largest absolute Gasteiger partial charge is 0.451 e. The average molecular weight is 983 g/mol. The van der Waals surface area contributed by atoms with Gasteiger partial charge in [-0.15, -0.1) is 0 Å². The Bertz CT molecular complexity index is 1790. The van der Waals surface area contributed by atoms with Gasteiger partial charge in [-0.25, -0.2) is 9.97 Å². The summed E-state index contributed by atoms with van der Waals surface area (Å²) in [5, 5.41) is 53.6. The Labute approximate surface area is 390 Å². The number of non-ortho nitro benzene ring substituents is 1. The molecule has 0 spiro atoms. The number of alkyl halides is 3. The number of aliphatic hydroxyl groups is 2. The summed E-state index contributed by atoms with van der Waals surface area (Å²) in [7, 11) is 0. The first-order valence-electron chi connectivity index (χ1n) is 22.1. The van der Waals surface area contributed by atoms with Crippen molar-refractivity contribution in [1.82, 2.24) is 20.6 Å². The van der Waals surface area contributed by atoms with Crippen molar-refractivity contribution in [3.63, 3.8) is 0 Å². The molecule has 0 bridgehead atoms. The number of nitrogens with one attached hydrogen (secondary N) is 4. The van der Waals surface area contributed by atoms with E-state index < -0.39 is 57.0 Å². The summed E-state index contributed by atoms with van der Waals surface area (Å²) in [4.78, 5) is 51.2. The Morgan fingerprint density at radius 1 is 0.746 bits per heavy atom. The number of carbonyl (C=O) groups excluding carboxylic acids is 2. The number of aromatic nitrogens is 2. The summed E-state index contributed by atoms with van der Waals surface area (Å²) in [5.74, 6) is -2.10. The van der Waals surface area contributed by atoms with Crippen LogP contribution >= 0.6 is 11.6 Å². The van der Waals surface area contributed by atoms with E-state index in [1.807, 2.05) is 0 Å². The van der Waals surface area contributed by atoms with E-state index in [4.69, 9.17) is 40.0 Å². The fourth-order valence-corrected chi connectivity index (χ4v) is 6.61. The molecule has 0 saturated carbocycles. The molecule has 3 rings (SSSR count). The summed E-state index contributed by atoms with van der Waals surface area (Å²) < 4.78 is 71.8. The Balaban J connectivity index is 1.02. The number of hydrogen-bond donors (Lipinski definition) is 6. The maximum atomic E-state index is 13.0. The zero-order valence-electron chi connectivity index (χ0n) is 37.2. The van der Waals surface area contributed by atoms with E-state index in [1.165, 1.54) is 12.1 Å². The van der Waals surface area contributed by atoms with Gasteiger partial charge in [0.1, 0.15) is 41.6 Å². The number of anilines is 2. The van der Waals surface area contributed by atoms with Crippen LogP contribution in [0.4, 0.5) is 36.1 Å². The number of nitro benzene ring substituents is 2. The number of unbranched alkanes of at least 4 members (excludes halogenated alkanes) is 8. The van der Waals surface area contributed by atoms with Gasteiger partial charge in [-0.2, -0.15) is 13.2 Å². The number of nitro groups is 2. The molecule has 22 nitrogen and oxygen atoms in total. The van der Waals surface area contributed by atoms with E-state index in [0.29, 0.717) is 13.2 Å². The fourth-order valence-electron chi connectivity index (χ4n) is 6.42. The van der Waals surface area contributed by atoms with Crippen LogP contribution in [-0.4, -0.2) is 159 Å². The molecule has 0 unspecified atom stereocenters. The minimum Gasteiger partial charge on any atom is -0.388 e. The van der Waals surface area contributed by atoms with Gasteiger partial charge < -0.3 is 59.9 Å². The third-order valence-corrected chi connectivity index (χ3v) is 10.1. The number of benzene rings is 1. The second-order valence-corrected chi connectivity index (χ2v) is 15.6. The van der Waals surface area contributed by atoms with E-state index in [0.717, 1.165) is 69.9 Å². The molecule has 26 heteroatoms. The van der Waals surface area contributed by atoms with Crippen LogP contribution in [0.25, 0.3) is 0 Å². The zero-order chi connectivity index (χ0) is 48.9. The molecule has 0 aliphatic carbocycles. The Morgan fingerprint density at radius 3 is 2.06 bits per heavy atom. The summed E-state index contributed by atoms with van der Waals surface area (Å²) >= 11 is 5.69. The lowest BCUT2D eigenvalue weighted by Gasteiger charge is -2.38. The Morgan fingerprint density at radius 2 is 1.37 bits per heavy atom. The van der Waals surface area contributed by atoms with Gasteiger partial charge >= 0.3 is 6.18 Å². The van der Waals surface area contributed by atoms with Gasteiger partial charge in [0.2, 0.25) is 17.6 Å². The molecule has 2 amide bonds. The van der Waals surface area contributed by atoms with Crippen LogP contribution in [0.3, 0.4) is 0 Å². The van der Waals surface area contributed by atoms with Gasteiger partial charge in [-0.05, 0) is 18.9 Å². The normalized spacial score (nSPS) is 17.2. The molecule has 2 aromatic rings. The van der Waals surface area contributed by atoms with Gasteiger partial charge in [0.05, 0.1) is 81.4 Å². The maximum Gasteiger partial charge on any atom is 0.451 e. The lowest BCUT2D eigenvalue weighted by Crippen LogP contribution is -2.57. The van der Waals surface area contributed by atoms with E-state index in [2.05, 4.69) is 31.2 Å². The topological polar surface area (TPSA) is 290 Å².